The first kappa shape index (κ1) is 15.9. The van der Waals surface area contributed by atoms with Gasteiger partial charge in [-0.25, -0.2) is 8.42 Å². The van der Waals surface area contributed by atoms with Crippen LogP contribution in [-0.2, 0) is 14.6 Å². The minimum atomic E-state index is -3.34. The molecule has 0 aliphatic heterocycles. The van der Waals surface area contributed by atoms with Crippen molar-refractivity contribution >= 4 is 15.7 Å². The third-order valence-corrected chi connectivity index (χ3v) is 4.33. The van der Waals surface area contributed by atoms with Crippen LogP contribution in [-0.4, -0.2) is 44.3 Å². The van der Waals surface area contributed by atoms with Crippen molar-refractivity contribution in [3.8, 4) is 6.07 Å². The molecule has 0 aliphatic carbocycles. The topological polar surface area (TPSA) is 78.2 Å². The van der Waals surface area contributed by atoms with E-state index in [1.54, 1.807) is 0 Å². The van der Waals surface area contributed by atoms with Gasteiger partial charge in [0, 0.05) is 13.6 Å². The zero-order valence-corrected chi connectivity index (χ0v) is 11.5. The second-order valence-electron chi connectivity index (χ2n) is 4.29. The number of hydrogen-bond acceptors (Lipinski definition) is 4. The normalized spacial score (nSPS) is 12.8. The second-order valence-corrected chi connectivity index (χ2v) is 6.40. The van der Waals surface area contributed by atoms with Gasteiger partial charge in [-0.05, 0) is 5.92 Å². The van der Waals surface area contributed by atoms with Crippen molar-refractivity contribution in [2.45, 2.75) is 26.7 Å². The Morgan fingerprint density at radius 2 is 2.06 bits per heavy atom. The van der Waals surface area contributed by atoms with Gasteiger partial charge >= 0.3 is 0 Å². The van der Waals surface area contributed by atoms with Crippen LogP contribution in [0.1, 0.15) is 26.7 Å². The molecule has 0 N–H and O–H groups in total. The summed E-state index contributed by atoms with van der Waals surface area (Å²) in [5.74, 6) is -0.790. The number of rotatable bonds is 7. The van der Waals surface area contributed by atoms with E-state index >= 15 is 0 Å². The summed E-state index contributed by atoms with van der Waals surface area (Å²) in [6.45, 7) is 4.04. The number of nitriles is 1. The van der Waals surface area contributed by atoms with Crippen LogP contribution in [0.2, 0.25) is 0 Å². The lowest BCUT2D eigenvalue weighted by Crippen LogP contribution is -2.34. The van der Waals surface area contributed by atoms with E-state index in [1.165, 1.54) is 11.9 Å². The summed E-state index contributed by atoms with van der Waals surface area (Å²) >= 11 is 0. The molecule has 1 amide bonds. The molecule has 1 unspecified atom stereocenters. The molecular weight excluding hydrogens is 240 g/mol. The molecule has 0 bridgehead atoms. The molecule has 0 spiro atoms. The van der Waals surface area contributed by atoms with Gasteiger partial charge in [0.25, 0.3) is 0 Å². The maximum absolute atomic E-state index is 11.7. The van der Waals surface area contributed by atoms with Gasteiger partial charge in [0.05, 0.1) is 18.2 Å². The maximum Gasteiger partial charge on any atom is 0.237 e. The van der Waals surface area contributed by atoms with E-state index in [9.17, 15) is 13.2 Å². The molecule has 0 aliphatic rings. The van der Waals surface area contributed by atoms with Crippen molar-refractivity contribution < 1.29 is 13.2 Å². The summed E-state index contributed by atoms with van der Waals surface area (Å²) in [7, 11) is -1.82. The standard InChI is InChI=1S/C11H20N2O3S/c1-4-10(2)8-17(15,16)9-11(14)13(3)7-5-6-12/h10H,4-5,7-9H2,1-3H3. The number of sulfone groups is 1. The molecule has 5 nitrogen and oxygen atoms in total. The highest BCUT2D eigenvalue weighted by Crippen LogP contribution is 2.06. The fraction of sp³-hybridized carbons (Fsp3) is 0.818. The molecule has 0 aromatic rings. The van der Waals surface area contributed by atoms with E-state index in [0.29, 0.717) is 0 Å². The Hall–Kier alpha value is -1.09. The Balaban J connectivity index is 4.32. The first-order valence-corrected chi connectivity index (χ1v) is 7.45. The van der Waals surface area contributed by atoms with Gasteiger partial charge in [0.15, 0.2) is 9.84 Å². The number of hydrogen-bond donors (Lipinski definition) is 0. The molecule has 0 fully saturated rings. The molecule has 0 rings (SSSR count). The average molecular weight is 260 g/mol. The number of carbonyl (C=O) groups is 1. The second kappa shape index (κ2) is 7.28. The highest BCUT2D eigenvalue weighted by atomic mass is 32.2. The predicted molar refractivity (Wildman–Crippen MR) is 66.0 cm³/mol. The van der Waals surface area contributed by atoms with Crippen LogP contribution in [0.15, 0.2) is 0 Å². The molecular formula is C11H20N2O3S. The van der Waals surface area contributed by atoms with Crippen LogP contribution in [0.4, 0.5) is 0 Å². The zero-order valence-electron chi connectivity index (χ0n) is 10.6. The van der Waals surface area contributed by atoms with E-state index in [-0.39, 0.29) is 24.6 Å². The lowest BCUT2D eigenvalue weighted by Gasteiger charge is -2.16. The minimum Gasteiger partial charge on any atom is -0.344 e. The lowest BCUT2D eigenvalue weighted by atomic mass is 10.2. The Bertz CT molecular complexity index is 384. The van der Waals surface area contributed by atoms with E-state index in [4.69, 9.17) is 5.26 Å². The molecule has 0 heterocycles. The van der Waals surface area contributed by atoms with Crippen LogP contribution in [0.3, 0.4) is 0 Å². The van der Waals surface area contributed by atoms with Gasteiger partial charge in [-0.15, -0.1) is 0 Å². The maximum atomic E-state index is 11.7. The third-order valence-electron chi connectivity index (χ3n) is 2.56. The van der Waals surface area contributed by atoms with Crippen molar-refractivity contribution in [3.05, 3.63) is 0 Å². The van der Waals surface area contributed by atoms with Crippen LogP contribution < -0.4 is 0 Å². The molecule has 98 valence electrons. The molecule has 6 heteroatoms. The van der Waals surface area contributed by atoms with Gasteiger partial charge < -0.3 is 4.90 Å². The Morgan fingerprint density at radius 3 is 2.53 bits per heavy atom. The number of amides is 1. The van der Waals surface area contributed by atoms with E-state index in [2.05, 4.69) is 0 Å². The smallest absolute Gasteiger partial charge is 0.237 e. The molecule has 0 aromatic heterocycles. The van der Waals surface area contributed by atoms with E-state index in [1.807, 2.05) is 19.9 Å². The van der Waals surface area contributed by atoms with Crippen LogP contribution in [0.5, 0.6) is 0 Å². The molecule has 1 atom stereocenters. The monoisotopic (exact) mass is 260 g/mol. The van der Waals surface area contributed by atoms with E-state index < -0.39 is 21.5 Å². The van der Waals surface area contributed by atoms with Gasteiger partial charge in [-0.1, -0.05) is 20.3 Å². The van der Waals surface area contributed by atoms with Crippen LogP contribution in [0, 0.1) is 17.2 Å². The third kappa shape index (κ3) is 6.95. The van der Waals surface area contributed by atoms with Gasteiger partial charge in [0.2, 0.25) is 5.91 Å². The average Bonchev–Trinajstić information content (AvgIpc) is 2.24. The first-order chi connectivity index (χ1) is 7.82. The Labute approximate surface area is 103 Å². The summed E-state index contributed by atoms with van der Waals surface area (Å²) in [6, 6.07) is 1.91. The quantitative estimate of drug-likeness (QED) is 0.679. The Kier molecular flexibility index (Phi) is 6.81. The molecule has 0 saturated carbocycles. The molecule has 0 radical (unpaired) electrons. The van der Waals surface area contributed by atoms with Crippen molar-refractivity contribution in [1.29, 1.82) is 5.26 Å². The van der Waals surface area contributed by atoms with E-state index in [0.717, 1.165) is 6.42 Å². The fourth-order valence-electron chi connectivity index (χ4n) is 1.25. The van der Waals surface area contributed by atoms with Crippen molar-refractivity contribution in [3.63, 3.8) is 0 Å². The number of nitrogens with zero attached hydrogens (tertiary/aromatic N) is 2. The summed E-state index contributed by atoms with van der Waals surface area (Å²) in [5.41, 5.74) is 0. The Morgan fingerprint density at radius 1 is 1.47 bits per heavy atom. The first-order valence-electron chi connectivity index (χ1n) is 5.63. The summed E-state index contributed by atoms with van der Waals surface area (Å²) in [6.07, 6.45) is 0.991. The fourth-order valence-corrected chi connectivity index (χ4v) is 3.07. The van der Waals surface area contributed by atoms with Gasteiger partial charge in [0.1, 0.15) is 5.75 Å². The van der Waals surface area contributed by atoms with Crippen molar-refractivity contribution in [2.24, 2.45) is 5.92 Å². The van der Waals surface area contributed by atoms with Crippen molar-refractivity contribution in [1.82, 2.24) is 4.90 Å². The van der Waals surface area contributed by atoms with Gasteiger partial charge in [-0.2, -0.15) is 5.26 Å². The predicted octanol–water partition coefficient (Wildman–Crippen LogP) is 0.819. The molecule has 0 aromatic carbocycles. The summed E-state index contributed by atoms with van der Waals surface area (Å²) in [4.78, 5) is 12.9. The zero-order chi connectivity index (χ0) is 13.5. The summed E-state index contributed by atoms with van der Waals surface area (Å²) < 4.78 is 23.4. The lowest BCUT2D eigenvalue weighted by molar-refractivity contribution is -0.127. The summed E-state index contributed by atoms with van der Waals surface area (Å²) in [5, 5.41) is 8.37. The van der Waals surface area contributed by atoms with Crippen LogP contribution >= 0.6 is 0 Å². The largest absolute Gasteiger partial charge is 0.344 e. The highest BCUT2D eigenvalue weighted by Gasteiger charge is 2.21. The molecule has 17 heavy (non-hydrogen) atoms. The SMILES string of the molecule is CCC(C)CS(=O)(=O)CC(=O)N(C)CCC#N. The number of carbonyl (C=O) groups excluding carboxylic acids is 1. The van der Waals surface area contributed by atoms with Gasteiger partial charge in [-0.3, -0.25) is 4.79 Å². The van der Waals surface area contributed by atoms with Crippen molar-refractivity contribution in [2.75, 3.05) is 25.1 Å². The van der Waals surface area contributed by atoms with Crippen LogP contribution in [0.25, 0.3) is 0 Å². The molecule has 0 saturated heterocycles. The highest BCUT2D eigenvalue weighted by molar-refractivity contribution is 7.92. The minimum absolute atomic E-state index is 0.0430.